The second-order valence-electron chi connectivity index (χ2n) is 5.10. The lowest BCUT2D eigenvalue weighted by Crippen LogP contribution is -2.18. The van der Waals surface area contributed by atoms with Crippen molar-refractivity contribution in [3.63, 3.8) is 0 Å². The van der Waals surface area contributed by atoms with Gasteiger partial charge in [-0.2, -0.15) is 0 Å². The third kappa shape index (κ3) is 2.07. The summed E-state index contributed by atoms with van der Waals surface area (Å²) in [5.74, 6) is 3.40. The zero-order valence-corrected chi connectivity index (χ0v) is 8.71. The number of rotatable bonds is 3. The van der Waals surface area contributed by atoms with E-state index in [0.29, 0.717) is 12.5 Å². The van der Waals surface area contributed by atoms with Crippen LogP contribution in [0.25, 0.3) is 0 Å². The van der Waals surface area contributed by atoms with Crippen molar-refractivity contribution in [1.82, 2.24) is 0 Å². The van der Waals surface area contributed by atoms with Gasteiger partial charge in [-0.05, 0) is 30.1 Å². The van der Waals surface area contributed by atoms with Crippen molar-refractivity contribution in [2.75, 3.05) is 6.61 Å². The van der Waals surface area contributed by atoms with Crippen LogP contribution in [0.3, 0.4) is 0 Å². The second kappa shape index (κ2) is 4.00. The molecule has 1 N–H and O–H groups in total. The van der Waals surface area contributed by atoms with E-state index in [2.05, 4.69) is 6.92 Å². The summed E-state index contributed by atoms with van der Waals surface area (Å²) in [5, 5.41) is 9.02. The molecule has 0 aliphatic heterocycles. The minimum atomic E-state index is 0.432. The lowest BCUT2D eigenvalue weighted by Gasteiger charge is -2.27. The molecule has 1 heteroatoms. The summed E-state index contributed by atoms with van der Waals surface area (Å²) in [6.45, 7) is 2.85. The van der Waals surface area contributed by atoms with Crippen LogP contribution in [0.2, 0.25) is 0 Å². The predicted molar refractivity (Wildman–Crippen MR) is 54.4 cm³/mol. The van der Waals surface area contributed by atoms with E-state index in [-0.39, 0.29) is 0 Å². The van der Waals surface area contributed by atoms with Gasteiger partial charge in [-0.1, -0.05) is 39.0 Å². The topological polar surface area (TPSA) is 20.2 Å². The Morgan fingerprint density at radius 3 is 2.46 bits per heavy atom. The van der Waals surface area contributed by atoms with Crippen LogP contribution in [0.15, 0.2) is 0 Å². The van der Waals surface area contributed by atoms with E-state index in [1.807, 2.05) is 0 Å². The van der Waals surface area contributed by atoms with E-state index < -0.39 is 0 Å². The van der Waals surface area contributed by atoms with E-state index in [1.54, 1.807) is 0 Å². The van der Waals surface area contributed by atoms with Crippen LogP contribution >= 0.6 is 0 Å². The van der Waals surface area contributed by atoms with Gasteiger partial charge in [-0.15, -0.1) is 0 Å². The Morgan fingerprint density at radius 2 is 1.92 bits per heavy atom. The van der Waals surface area contributed by atoms with E-state index in [1.165, 1.54) is 38.5 Å². The molecule has 0 amide bonds. The summed E-state index contributed by atoms with van der Waals surface area (Å²) in [7, 11) is 0. The lowest BCUT2D eigenvalue weighted by atomic mass is 9.78. The number of hydrogen-bond acceptors (Lipinski definition) is 1. The molecule has 0 aromatic heterocycles. The molecule has 0 saturated heterocycles. The standard InChI is InChI=1S/C12H22O/c1-9(12-7-11(12)8-13)10-5-3-2-4-6-10/h9-13H,2-8H2,1H3. The molecule has 13 heavy (non-hydrogen) atoms. The van der Waals surface area contributed by atoms with Crippen molar-refractivity contribution < 1.29 is 5.11 Å². The van der Waals surface area contributed by atoms with Crippen LogP contribution in [0.1, 0.15) is 45.4 Å². The quantitative estimate of drug-likeness (QED) is 0.711. The molecule has 0 spiro atoms. The maximum absolute atomic E-state index is 9.02. The van der Waals surface area contributed by atoms with Crippen molar-refractivity contribution in [1.29, 1.82) is 0 Å². The monoisotopic (exact) mass is 182 g/mol. The lowest BCUT2D eigenvalue weighted by molar-refractivity contribution is 0.211. The van der Waals surface area contributed by atoms with Gasteiger partial charge in [-0.25, -0.2) is 0 Å². The van der Waals surface area contributed by atoms with Gasteiger partial charge >= 0.3 is 0 Å². The molecule has 3 unspecified atom stereocenters. The first-order chi connectivity index (χ1) is 6.33. The van der Waals surface area contributed by atoms with E-state index in [4.69, 9.17) is 5.11 Å². The van der Waals surface area contributed by atoms with Gasteiger partial charge < -0.3 is 5.11 Å². The first-order valence-corrected chi connectivity index (χ1v) is 5.93. The first kappa shape index (κ1) is 9.51. The molecule has 0 bridgehead atoms. The van der Waals surface area contributed by atoms with Gasteiger partial charge in [0.25, 0.3) is 0 Å². The van der Waals surface area contributed by atoms with Gasteiger partial charge in [0.2, 0.25) is 0 Å². The van der Waals surface area contributed by atoms with Gasteiger partial charge in [0.05, 0.1) is 0 Å². The van der Waals surface area contributed by atoms with Gasteiger partial charge in [0.15, 0.2) is 0 Å². The largest absolute Gasteiger partial charge is 0.396 e. The fourth-order valence-electron chi connectivity index (χ4n) is 3.13. The summed E-state index contributed by atoms with van der Waals surface area (Å²) in [6, 6.07) is 0. The highest BCUT2D eigenvalue weighted by Gasteiger charge is 2.42. The Bertz CT molecular complexity index is 161. The molecule has 2 saturated carbocycles. The zero-order valence-electron chi connectivity index (χ0n) is 8.71. The van der Waals surface area contributed by atoms with Crippen molar-refractivity contribution >= 4 is 0 Å². The third-order valence-corrected chi connectivity index (χ3v) is 4.28. The number of hydrogen-bond donors (Lipinski definition) is 1. The molecular formula is C12H22O. The molecular weight excluding hydrogens is 160 g/mol. The molecule has 2 aliphatic carbocycles. The summed E-state index contributed by atoms with van der Waals surface area (Å²) < 4.78 is 0. The van der Waals surface area contributed by atoms with Crippen molar-refractivity contribution in [3.8, 4) is 0 Å². The SMILES string of the molecule is CC(C1CCCCC1)C1CC1CO. The second-order valence-corrected chi connectivity index (χ2v) is 5.10. The molecule has 3 atom stereocenters. The Labute approximate surface area is 81.5 Å². The van der Waals surface area contributed by atoms with Crippen LogP contribution in [-0.4, -0.2) is 11.7 Å². The van der Waals surface area contributed by atoms with E-state index in [9.17, 15) is 0 Å². The highest BCUT2D eigenvalue weighted by Crippen LogP contribution is 2.49. The summed E-state index contributed by atoms with van der Waals surface area (Å²) in [4.78, 5) is 0. The van der Waals surface area contributed by atoms with Gasteiger partial charge in [0, 0.05) is 6.61 Å². The Morgan fingerprint density at radius 1 is 1.23 bits per heavy atom. The first-order valence-electron chi connectivity index (χ1n) is 5.93. The van der Waals surface area contributed by atoms with Crippen molar-refractivity contribution in [3.05, 3.63) is 0 Å². The molecule has 1 nitrogen and oxygen atoms in total. The van der Waals surface area contributed by atoms with E-state index >= 15 is 0 Å². The maximum Gasteiger partial charge on any atom is 0.0462 e. The smallest absolute Gasteiger partial charge is 0.0462 e. The highest BCUT2D eigenvalue weighted by molar-refractivity contribution is 4.92. The molecule has 0 aromatic rings. The summed E-state index contributed by atoms with van der Waals surface area (Å²) in [5.41, 5.74) is 0. The fourth-order valence-corrected chi connectivity index (χ4v) is 3.13. The molecule has 2 rings (SSSR count). The van der Waals surface area contributed by atoms with Gasteiger partial charge in [-0.3, -0.25) is 0 Å². The molecule has 0 heterocycles. The van der Waals surface area contributed by atoms with Crippen LogP contribution in [0, 0.1) is 23.7 Å². The predicted octanol–water partition coefficient (Wildman–Crippen LogP) is 2.83. The molecule has 76 valence electrons. The average Bonchev–Trinajstić information content (AvgIpc) is 2.97. The minimum absolute atomic E-state index is 0.432. The molecule has 2 fully saturated rings. The van der Waals surface area contributed by atoms with Crippen LogP contribution in [0.5, 0.6) is 0 Å². The molecule has 0 radical (unpaired) electrons. The normalized spacial score (nSPS) is 37.4. The fraction of sp³-hybridized carbons (Fsp3) is 1.00. The van der Waals surface area contributed by atoms with E-state index in [0.717, 1.165) is 17.8 Å². The summed E-state index contributed by atoms with van der Waals surface area (Å²) >= 11 is 0. The average molecular weight is 182 g/mol. The number of aliphatic hydroxyl groups is 1. The number of aliphatic hydroxyl groups excluding tert-OH is 1. The van der Waals surface area contributed by atoms with Gasteiger partial charge in [0.1, 0.15) is 0 Å². The molecule has 0 aromatic carbocycles. The Hall–Kier alpha value is -0.0400. The minimum Gasteiger partial charge on any atom is -0.396 e. The van der Waals surface area contributed by atoms with Crippen LogP contribution in [0.4, 0.5) is 0 Å². The Balaban J connectivity index is 1.79. The molecule has 2 aliphatic rings. The van der Waals surface area contributed by atoms with Crippen molar-refractivity contribution in [2.45, 2.75) is 45.4 Å². The third-order valence-electron chi connectivity index (χ3n) is 4.28. The summed E-state index contributed by atoms with van der Waals surface area (Å²) in [6.07, 6.45) is 8.56. The highest BCUT2D eigenvalue weighted by atomic mass is 16.3. The Kier molecular flexibility index (Phi) is 2.92. The van der Waals surface area contributed by atoms with Crippen LogP contribution < -0.4 is 0 Å². The zero-order chi connectivity index (χ0) is 9.26. The maximum atomic E-state index is 9.02. The van der Waals surface area contributed by atoms with Crippen molar-refractivity contribution in [2.24, 2.45) is 23.7 Å². The van der Waals surface area contributed by atoms with Crippen LogP contribution in [-0.2, 0) is 0 Å².